The molecule has 1 aliphatic carbocycles. The zero-order valence-corrected chi connectivity index (χ0v) is 21.8. The highest BCUT2D eigenvalue weighted by atomic mass is 16.6. The van der Waals surface area contributed by atoms with Gasteiger partial charge in [0.15, 0.2) is 0 Å². The number of piperidine rings is 1. The van der Waals surface area contributed by atoms with Gasteiger partial charge < -0.3 is 14.4 Å². The number of hydrogen-bond acceptors (Lipinski definition) is 6. The molecule has 0 spiro atoms. The summed E-state index contributed by atoms with van der Waals surface area (Å²) in [6.45, 7) is 8.99. The first kappa shape index (κ1) is 27.5. The van der Waals surface area contributed by atoms with Crippen molar-refractivity contribution in [3.05, 3.63) is 35.4 Å². The van der Waals surface area contributed by atoms with E-state index in [1.807, 2.05) is 32.9 Å². The van der Waals surface area contributed by atoms with Crippen molar-refractivity contribution in [2.24, 2.45) is 11.8 Å². The molecule has 36 heavy (non-hydrogen) atoms. The van der Waals surface area contributed by atoms with Crippen LogP contribution in [0, 0.1) is 11.8 Å². The molecule has 0 atom stereocenters. The van der Waals surface area contributed by atoms with Crippen LogP contribution in [0.3, 0.4) is 0 Å². The molecule has 1 saturated carbocycles. The van der Waals surface area contributed by atoms with Gasteiger partial charge in [0.05, 0.1) is 12.5 Å². The molecule has 3 rings (SSSR count). The summed E-state index contributed by atoms with van der Waals surface area (Å²) in [6, 6.07) is 7.37. The lowest BCUT2D eigenvalue weighted by Gasteiger charge is -2.33. The van der Waals surface area contributed by atoms with Crippen LogP contribution < -0.4 is 10.9 Å². The Balaban J connectivity index is 1.42. The maximum atomic E-state index is 12.5. The van der Waals surface area contributed by atoms with E-state index in [1.165, 1.54) is 0 Å². The smallest absolute Gasteiger partial charge is 0.410 e. The van der Waals surface area contributed by atoms with Crippen LogP contribution in [0.2, 0.25) is 0 Å². The summed E-state index contributed by atoms with van der Waals surface area (Å²) in [5.41, 5.74) is 6.09. The van der Waals surface area contributed by atoms with Gasteiger partial charge in [0.2, 0.25) is 5.91 Å². The number of esters is 1. The number of benzene rings is 1. The van der Waals surface area contributed by atoms with Crippen LogP contribution in [-0.2, 0) is 19.1 Å². The number of rotatable bonds is 5. The molecular weight excluding hydrogens is 462 g/mol. The fourth-order valence-corrected chi connectivity index (χ4v) is 4.77. The summed E-state index contributed by atoms with van der Waals surface area (Å²) in [6.07, 6.45) is 3.80. The minimum Gasteiger partial charge on any atom is -0.466 e. The molecule has 2 aliphatic rings. The van der Waals surface area contributed by atoms with E-state index in [0.717, 1.165) is 18.4 Å². The molecule has 1 aromatic carbocycles. The Morgan fingerprint density at radius 3 is 2.03 bits per heavy atom. The van der Waals surface area contributed by atoms with E-state index in [-0.39, 0.29) is 35.7 Å². The molecule has 2 N–H and O–H groups in total. The highest BCUT2D eigenvalue weighted by Crippen LogP contribution is 2.30. The lowest BCUT2D eigenvalue weighted by atomic mass is 9.81. The second kappa shape index (κ2) is 12.2. The van der Waals surface area contributed by atoms with Crippen molar-refractivity contribution in [3.63, 3.8) is 0 Å². The Morgan fingerprint density at radius 1 is 0.889 bits per heavy atom. The third kappa shape index (κ3) is 7.70. The van der Waals surface area contributed by atoms with Gasteiger partial charge >= 0.3 is 12.1 Å². The highest BCUT2D eigenvalue weighted by molar-refractivity contribution is 5.95. The molecule has 0 unspecified atom stereocenters. The predicted octanol–water partition coefficient (Wildman–Crippen LogP) is 3.93. The van der Waals surface area contributed by atoms with Crippen LogP contribution in [0.15, 0.2) is 24.3 Å². The maximum Gasteiger partial charge on any atom is 0.410 e. The van der Waals surface area contributed by atoms with Crippen LogP contribution in [-0.4, -0.2) is 54.1 Å². The molecular formula is C27H39N3O6. The van der Waals surface area contributed by atoms with Gasteiger partial charge in [-0.05, 0) is 89.8 Å². The van der Waals surface area contributed by atoms with Gasteiger partial charge in [-0.3, -0.25) is 25.2 Å². The molecule has 3 amide bonds. The molecule has 9 heteroatoms. The Morgan fingerprint density at radius 2 is 1.47 bits per heavy atom. The minimum absolute atomic E-state index is 0.147. The predicted molar refractivity (Wildman–Crippen MR) is 134 cm³/mol. The van der Waals surface area contributed by atoms with E-state index < -0.39 is 5.60 Å². The fraction of sp³-hybridized carbons (Fsp3) is 0.630. The van der Waals surface area contributed by atoms with Crippen molar-refractivity contribution in [2.45, 2.75) is 77.7 Å². The molecule has 1 heterocycles. The zero-order chi connectivity index (χ0) is 26.3. The van der Waals surface area contributed by atoms with E-state index in [4.69, 9.17) is 9.47 Å². The topological polar surface area (TPSA) is 114 Å². The summed E-state index contributed by atoms with van der Waals surface area (Å²) in [7, 11) is 0. The van der Waals surface area contributed by atoms with E-state index in [9.17, 15) is 19.2 Å². The maximum absolute atomic E-state index is 12.5. The van der Waals surface area contributed by atoms with E-state index in [0.29, 0.717) is 56.9 Å². The molecule has 0 aromatic heterocycles. The molecule has 2 fully saturated rings. The van der Waals surface area contributed by atoms with Crippen LogP contribution >= 0.6 is 0 Å². The number of nitrogens with one attached hydrogen (secondary N) is 2. The highest BCUT2D eigenvalue weighted by Gasteiger charge is 2.31. The second-order valence-electron chi connectivity index (χ2n) is 10.6. The number of amides is 3. The molecule has 1 saturated heterocycles. The normalized spacial score (nSPS) is 20.8. The number of ether oxygens (including phenoxy) is 2. The molecule has 0 radical (unpaired) electrons. The minimum atomic E-state index is -0.507. The van der Waals surface area contributed by atoms with Gasteiger partial charge in [-0.2, -0.15) is 0 Å². The van der Waals surface area contributed by atoms with E-state index in [2.05, 4.69) is 10.9 Å². The standard InChI is InChI=1S/C27H39N3O6/c1-5-35-25(33)22-12-10-21(11-13-22)24(32)29-28-23(31)20-8-6-18(7-9-20)19-14-16-30(17-15-19)26(34)36-27(2,3)4/h6-9,19,21-22H,5,10-17H2,1-4H3,(H,28,31)(H,29,32). The summed E-state index contributed by atoms with van der Waals surface area (Å²) < 4.78 is 10.5. The number of hydrazine groups is 1. The first-order valence-electron chi connectivity index (χ1n) is 12.9. The van der Waals surface area contributed by atoms with E-state index in [1.54, 1.807) is 24.0 Å². The van der Waals surface area contributed by atoms with Gasteiger partial charge in [0, 0.05) is 24.6 Å². The van der Waals surface area contributed by atoms with Crippen molar-refractivity contribution >= 4 is 23.9 Å². The number of nitrogens with zero attached hydrogens (tertiary/aromatic N) is 1. The summed E-state index contributed by atoms with van der Waals surface area (Å²) in [4.78, 5) is 50.9. The lowest BCUT2D eigenvalue weighted by Crippen LogP contribution is -2.45. The molecule has 1 aliphatic heterocycles. The van der Waals surface area contributed by atoms with Crippen LogP contribution in [0.25, 0.3) is 0 Å². The van der Waals surface area contributed by atoms with Crippen LogP contribution in [0.1, 0.15) is 88.1 Å². The van der Waals surface area contributed by atoms with Gasteiger partial charge in [0.25, 0.3) is 5.91 Å². The molecule has 198 valence electrons. The van der Waals surface area contributed by atoms with Crippen LogP contribution in [0.5, 0.6) is 0 Å². The number of hydrogen-bond donors (Lipinski definition) is 2. The number of likely N-dealkylation sites (tertiary alicyclic amines) is 1. The van der Waals surface area contributed by atoms with Crippen molar-refractivity contribution in [1.82, 2.24) is 15.8 Å². The Kier molecular flexibility index (Phi) is 9.34. The van der Waals surface area contributed by atoms with Crippen molar-refractivity contribution in [3.8, 4) is 0 Å². The summed E-state index contributed by atoms with van der Waals surface area (Å²) >= 11 is 0. The quantitative estimate of drug-likeness (QED) is 0.467. The fourth-order valence-electron chi connectivity index (χ4n) is 4.77. The van der Waals surface area contributed by atoms with Gasteiger partial charge in [0.1, 0.15) is 5.60 Å². The lowest BCUT2D eigenvalue weighted by molar-refractivity contribution is -0.150. The van der Waals surface area contributed by atoms with E-state index >= 15 is 0 Å². The molecule has 1 aromatic rings. The van der Waals surface area contributed by atoms with Gasteiger partial charge in [-0.1, -0.05) is 12.1 Å². The monoisotopic (exact) mass is 501 g/mol. The molecule has 9 nitrogen and oxygen atoms in total. The van der Waals surface area contributed by atoms with Gasteiger partial charge in [-0.15, -0.1) is 0 Å². The van der Waals surface area contributed by atoms with Crippen molar-refractivity contribution in [1.29, 1.82) is 0 Å². The van der Waals surface area contributed by atoms with Crippen molar-refractivity contribution < 1.29 is 28.7 Å². The average molecular weight is 502 g/mol. The largest absolute Gasteiger partial charge is 0.466 e. The third-order valence-electron chi connectivity index (χ3n) is 6.81. The second-order valence-corrected chi connectivity index (χ2v) is 10.6. The number of carbonyl (C=O) groups excluding carboxylic acids is 4. The Hall–Kier alpha value is -3.10. The Bertz CT molecular complexity index is 924. The summed E-state index contributed by atoms with van der Waals surface area (Å²) in [5, 5.41) is 0. The first-order valence-corrected chi connectivity index (χ1v) is 12.9. The van der Waals surface area contributed by atoms with Crippen LogP contribution in [0.4, 0.5) is 4.79 Å². The summed E-state index contributed by atoms with van der Waals surface area (Å²) in [5.74, 6) is -0.877. The average Bonchev–Trinajstić information content (AvgIpc) is 2.86. The zero-order valence-electron chi connectivity index (χ0n) is 21.8. The Labute approximate surface area is 213 Å². The van der Waals surface area contributed by atoms with Crippen molar-refractivity contribution in [2.75, 3.05) is 19.7 Å². The third-order valence-corrected chi connectivity index (χ3v) is 6.81. The molecule has 0 bridgehead atoms. The number of carbonyl (C=O) groups is 4. The SMILES string of the molecule is CCOC(=O)C1CCC(C(=O)NNC(=O)c2ccc(C3CCN(C(=O)OC(C)(C)C)CC3)cc2)CC1. The first-order chi connectivity index (χ1) is 17.1. The van der Waals surface area contributed by atoms with Gasteiger partial charge in [-0.25, -0.2) is 4.79 Å².